The van der Waals surface area contributed by atoms with E-state index >= 15 is 0 Å². The molecule has 3 rings (SSSR count). The molecule has 2 aromatic heterocycles. The number of hydrogen-bond donors (Lipinski definition) is 0. The number of pyridine rings is 1. The lowest BCUT2D eigenvalue weighted by molar-refractivity contribution is 0.0720. The first kappa shape index (κ1) is 15.5. The summed E-state index contributed by atoms with van der Waals surface area (Å²) in [4.78, 5) is 18.8. The van der Waals surface area contributed by atoms with Crippen LogP contribution >= 0.6 is 0 Å². The fourth-order valence-corrected chi connectivity index (χ4v) is 3.15. The third kappa shape index (κ3) is 3.21. The third-order valence-electron chi connectivity index (χ3n) is 4.32. The van der Waals surface area contributed by atoms with E-state index in [1.807, 2.05) is 16.5 Å². The molecule has 2 aromatic rings. The van der Waals surface area contributed by atoms with Crippen LogP contribution in [0.2, 0.25) is 0 Å². The van der Waals surface area contributed by atoms with Crippen LogP contribution < -0.4 is 4.74 Å². The minimum atomic E-state index is 0.0317. The van der Waals surface area contributed by atoms with Gasteiger partial charge in [-0.15, -0.1) is 0 Å². The number of likely N-dealkylation sites (tertiary alicyclic amines) is 1. The Balaban J connectivity index is 1.75. The molecule has 1 saturated heterocycles. The summed E-state index contributed by atoms with van der Waals surface area (Å²) in [5.74, 6) is 0.548. The summed E-state index contributed by atoms with van der Waals surface area (Å²) in [5, 5.41) is 4.51. The van der Waals surface area contributed by atoms with Gasteiger partial charge in [-0.3, -0.25) is 9.48 Å². The molecule has 1 atom stereocenters. The highest BCUT2D eigenvalue weighted by Gasteiger charge is 2.30. The van der Waals surface area contributed by atoms with Crippen LogP contribution in [0.25, 0.3) is 0 Å². The number of aromatic nitrogens is 3. The fraction of sp³-hybridized carbons (Fsp3) is 0.471. The maximum atomic E-state index is 12.8. The minimum absolute atomic E-state index is 0.0317. The van der Waals surface area contributed by atoms with Crippen molar-refractivity contribution in [2.24, 2.45) is 0 Å². The zero-order chi connectivity index (χ0) is 16.4. The van der Waals surface area contributed by atoms with E-state index in [1.165, 1.54) is 0 Å². The molecule has 0 radical (unpaired) electrons. The first-order valence-electron chi connectivity index (χ1n) is 7.90. The quantitative estimate of drug-likeness (QED) is 0.868. The maximum Gasteiger partial charge on any atom is 0.255 e. The fourth-order valence-electron chi connectivity index (χ4n) is 3.15. The van der Waals surface area contributed by atoms with E-state index in [2.05, 4.69) is 23.1 Å². The van der Waals surface area contributed by atoms with Crippen LogP contribution in [0.3, 0.4) is 0 Å². The first-order chi connectivity index (χ1) is 11.1. The molecule has 23 heavy (non-hydrogen) atoms. The van der Waals surface area contributed by atoms with Crippen LogP contribution in [0.1, 0.15) is 34.6 Å². The summed E-state index contributed by atoms with van der Waals surface area (Å²) in [7, 11) is 1.56. The second-order valence-corrected chi connectivity index (χ2v) is 5.99. The predicted octanol–water partition coefficient (Wildman–Crippen LogP) is 2.21. The van der Waals surface area contributed by atoms with Crippen LogP contribution in [0, 0.1) is 13.8 Å². The second kappa shape index (κ2) is 6.40. The maximum absolute atomic E-state index is 12.8. The van der Waals surface area contributed by atoms with E-state index < -0.39 is 0 Å². The molecule has 0 unspecified atom stereocenters. The largest absolute Gasteiger partial charge is 0.481 e. The molecule has 6 heteroatoms. The molecule has 1 fully saturated rings. The molecule has 0 aromatic carbocycles. The van der Waals surface area contributed by atoms with E-state index in [0.717, 1.165) is 37.3 Å². The Labute approximate surface area is 136 Å². The molecular formula is C17H22N4O2. The van der Waals surface area contributed by atoms with Gasteiger partial charge in [0.1, 0.15) is 0 Å². The van der Waals surface area contributed by atoms with Crippen molar-refractivity contribution in [1.29, 1.82) is 0 Å². The van der Waals surface area contributed by atoms with Gasteiger partial charge in [-0.25, -0.2) is 4.98 Å². The molecule has 0 spiro atoms. The summed E-state index contributed by atoms with van der Waals surface area (Å²) < 4.78 is 7.04. The Morgan fingerprint density at radius 3 is 2.83 bits per heavy atom. The second-order valence-electron chi connectivity index (χ2n) is 5.99. The highest BCUT2D eigenvalue weighted by Crippen LogP contribution is 2.22. The highest BCUT2D eigenvalue weighted by molar-refractivity contribution is 5.94. The van der Waals surface area contributed by atoms with Crippen molar-refractivity contribution in [3.8, 4) is 5.88 Å². The normalized spacial score (nSPS) is 17.5. The van der Waals surface area contributed by atoms with Crippen LogP contribution in [-0.4, -0.2) is 45.3 Å². The SMILES string of the molecule is COc1ccc(C(=O)N2CCC[C@@H]2Cn2nc(C)cc2C)cn1. The lowest BCUT2D eigenvalue weighted by atomic mass is 10.2. The van der Waals surface area contributed by atoms with Gasteiger partial charge in [-0.1, -0.05) is 0 Å². The number of carbonyl (C=O) groups excluding carboxylic acids is 1. The van der Waals surface area contributed by atoms with Gasteiger partial charge < -0.3 is 9.64 Å². The van der Waals surface area contributed by atoms with E-state index in [1.54, 1.807) is 25.4 Å². The molecule has 1 amide bonds. The van der Waals surface area contributed by atoms with Crippen molar-refractivity contribution in [2.75, 3.05) is 13.7 Å². The van der Waals surface area contributed by atoms with Crippen molar-refractivity contribution in [3.05, 3.63) is 41.3 Å². The smallest absolute Gasteiger partial charge is 0.255 e. The van der Waals surface area contributed by atoms with Gasteiger partial charge in [0.2, 0.25) is 5.88 Å². The number of ether oxygens (including phenoxy) is 1. The third-order valence-corrected chi connectivity index (χ3v) is 4.32. The van der Waals surface area contributed by atoms with Crippen molar-refractivity contribution >= 4 is 5.91 Å². The van der Waals surface area contributed by atoms with Crippen molar-refractivity contribution in [2.45, 2.75) is 39.3 Å². The molecule has 6 nitrogen and oxygen atoms in total. The molecule has 3 heterocycles. The van der Waals surface area contributed by atoms with E-state index in [0.29, 0.717) is 11.4 Å². The van der Waals surface area contributed by atoms with Crippen molar-refractivity contribution < 1.29 is 9.53 Å². The molecule has 122 valence electrons. The minimum Gasteiger partial charge on any atom is -0.481 e. The predicted molar refractivity (Wildman–Crippen MR) is 86.5 cm³/mol. The van der Waals surface area contributed by atoms with Gasteiger partial charge in [0.25, 0.3) is 5.91 Å². The van der Waals surface area contributed by atoms with Gasteiger partial charge in [0, 0.05) is 24.5 Å². The average molecular weight is 314 g/mol. The Morgan fingerprint density at radius 1 is 1.39 bits per heavy atom. The molecule has 0 bridgehead atoms. The van der Waals surface area contributed by atoms with E-state index in [-0.39, 0.29) is 11.9 Å². The number of methoxy groups -OCH3 is 1. The monoisotopic (exact) mass is 314 g/mol. The first-order valence-corrected chi connectivity index (χ1v) is 7.90. The van der Waals surface area contributed by atoms with Crippen LogP contribution in [0.4, 0.5) is 0 Å². The van der Waals surface area contributed by atoms with Gasteiger partial charge in [-0.05, 0) is 38.8 Å². The van der Waals surface area contributed by atoms with Gasteiger partial charge >= 0.3 is 0 Å². The lowest BCUT2D eigenvalue weighted by Crippen LogP contribution is -2.38. The van der Waals surface area contributed by atoms with E-state index in [9.17, 15) is 4.79 Å². The number of hydrogen-bond acceptors (Lipinski definition) is 4. The standard InChI is InChI=1S/C17H22N4O2/c1-12-9-13(2)21(19-12)11-15-5-4-8-20(15)17(22)14-6-7-16(23-3)18-10-14/h6-7,9-10,15H,4-5,8,11H2,1-3H3/t15-/m1/s1. The molecule has 1 aliphatic heterocycles. The summed E-state index contributed by atoms with van der Waals surface area (Å²) in [6.45, 7) is 5.57. The number of carbonyl (C=O) groups is 1. The molecule has 0 N–H and O–H groups in total. The number of nitrogens with zero attached hydrogens (tertiary/aromatic N) is 4. The zero-order valence-corrected chi connectivity index (χ0v) is 13.8. The highest BCUT2D eigenvalue weighted by atomic mass is 16.5. The van der Waals surface area contributed by atoms with Crippen molar-refractivity contribution in [3.63, 3.8) is 0 Å². The summed E-state index contributed by atoms with van der Waals surface area (Å²) in [6.07, 6.45) is 3.62. The van der Waals surface area contributed by atoms with Crippen molar-refractivity contribution in [1.82, 2.24) is 19.7 Å². The van der Waals surface area contributed by atoms with E-state index in [4.69, 9.17) is 4.74 Å². The number of amides is 1. The number of aryl methyl sites for hydroxylation is 2. The van der Waals surface area contributed by atoms with Crippen LogP contribution in [0.15, 0.2) is 24.4 Å². The van der Waals surface area contributed by atoms with Gasteiger partial charge in [0.15, 0.2) is 0 Å². The molecule has 0 aliphatic carbocycles. The molecular weight excluding hydrogens is 292 g/mol. The molecule has 0 saturated carbocycles. The topological polar surface area (TPSA) is 60.2 Å². The van der Waals surface area contributed by atoms with Crippen LogP contribution in [0.5, 0.6) is 5.88 Å². The lowest BCUT2D eigenvalue weighted by Gasteiger charge is -2.25. The van der Waals surface area contributed by atoms with Gasteiger partial charge in [0.05, 0.1) is 31.0 Å². The Bertz CT molecular complexity index is 693. The summed E-state index contributed by atoms with van der Waals surface area (Å²) >= 11 is 0. The summed E-state index contributed by atoms with van der Waals surface area (Å²) in [6, 6.07) is 5.74. The van der Waals surface area contributed by atoms with Crippen LogP contribution in [-0.2, 0) is 6.54 Å². The Kier molecular flexibility index (Phi) is 4.32. The average Bonchev–Trinajstić information content (AvgIpc) is 3.13. The zero-order valence-electron chi connectivity index (χ0n) is 13.8. The van der Waals surface area contributed by atoms with Gasteiger partial charge in [-0.2, -0.15) is 5.10 Å². The Morgan fingerprint density at radius 2 is 2.22 bits per heavy atom. The number of rotatable bonds is 4. The molecule has 1 aliphatic rings. The summed E-state index contributed by atoms with van der Waals surface area (Å²) in [5.41, 5.74) is 2.75. The Hall–Kier alpha value is -2.37.